The molecule has 4 nitrogen and oxygen atoms in total. The summed E-state index contributed by atoms with van der Waals surface area (Å²) in [5.74, 6) is -1.71. The van der Waals surface area contributed by atoms with Crippen molar-refractivity contribution in [1.29, 1.82) is 0 Å². The largest absolute Gasteiger partial charge is 0.508 e. The molecule has 102 valence electrons. The molecule has 2 N–H and O–H groups in total. The minimum Gasteiger partial charge on any atom is -0.508 e. The van der Waals surface area contributed by atoms with Crippen LogP contribution in [0.25, 0.3) is 0 Å². The summed E-state index contributed by atoms with van der Waals surface area (Å²) in [7, 11) is 0. The molecule has 2 rings (SSSR count). The summed E-state index contributed by atoms with van der Waals surface area (Å²) in [6.45, 7) is 0. The number of hydrogen-bond acceptors (Lipinski definition) is 4. The number of aliphatic hydroxyl groups excluding tert-OH is 1. The van der Waals surface area contributed by atoms with Crippen LogP contribution in [-0.4, -0.2) is 21.8 Å². The van der Waals surface area contributed by atoms with E-state index in [0.717, 1.165) is 0 Å². The summed E-state index contributed by atoms with van der Waals surface area (Å²) in [6, 6.07) is 11.3. The lowest BCUT2D eigenvalue weighted by molar-refractivity contribution is -0.122. The van der Waals surface area contributed by atoms with E-state index in [2.05, 4.69) is 0 Å². The first-order valence-electron chi connectivity index (χ1n) is 5.80. The van der Waals surface area contributed by atoms with Crippen molar-refractivity contribution in [2.45, 2.75) is 6.10 Å². The van der Waals surface area contributed by atoms with E-state index in [1.54, 1.807) is 0 Å². The number of aromatic hydroxyl groups is 1. The quantitative estimate of drug-likeness (QED) is 0.670. The number of carbonyl (C=O) groups excluding carboxylic acids is 2. The number of halogens is 1. The van der Waals surface area contributed by atoms with Crippen LogP contribution in [0.3, 0.4) is 0 Å². The molecule has 0 aliphatic carbocycles. The van der Waals surface area contributed by atoms with E-state index in [4.69, 9.17) is 16.7 Å². The molecule has 20 heavy (non-hydrogen) atoms. The Labute approximate surface area is 120 Å². The van der Waals surface area contributed by atoms with Crippen LogP contribution in [0.1, 0.15) is 22.0 Å². The van der Waals surface area contributed by atoms with Gasteiger partial charge in [0.05, 0.1) is 0 Å². The van der Waals surface area contributed by atoms with Gasteiger partial charge >= 0.3 is 0 Å². The number of hydrogen-bond donors (Lipinski definition) is 2. The van der Waals surface area contributed by atoms with E-state index in [-0.39, 0.29) is 16.9 Å². The van der Waals surface area contributed by atoms with Gasteiger partial charge in [0.25, 0.3) is 0 Å². The smallest absolute Gasteiger partial charge is 0.236 e. The molecule has 1 atom stereocenters. The zero-order chi connectivity index (χ0) is 14.7. The molecule has 0 heterocycles. The first-order chi connectivity index (χ1) is 9.49. The third kappa shape index (κ3) is 3.04. The van der Waals surface area contributed by atoms with Gasteiger partial charge in [-0.15, -0.1) is 0 Å². The van der Waals surface area contributed by atoms with E-state index in [0.29, 0.717) is 5.02 Å². The lowest BCUT2D eigenvalue weighted by Gasteiger charge is -2.09. The third-order valence-corrected chi connectivity index (χ3v) is 3.04. The van der Waals surface area contributed by atoms with Crippen molar-refractivity contribution in [2.24, 2.45) is 0 Å². The maximum absolute atomic E-state index is 11.9. The van der Waals surface area contributed by atoms with Crippen LogP contribution in [0, 0.1) is 0 Å². The Balaban J connectivity index is 2.20. The fraction of sp³-hybridized carbons (Fsp3) is 0.0667. The molecule has 0 aliphatic heterocycles. The molecule has 0 saturated carbocycles. The second kappa shape index (κ2) is 5.86. The normalized spacial score (nSPS) is 11.9. The Morgan fingerprint density at radius 1 is 0.950 bits per heavy atom. The second-order valence-corrected chi connectivity index (χ2v) is 4.63. The molecule has 2 aromatic carbocycles. The molecule has 0 saturated heterocycles. The SMILES string of the molecule is O=C(C(=O)C(O)c1ccc(O)cc1)c1ccc(Cl)cc1. The maximum atomic E-state index is 11.9. The van der Waals surface area contributed by atoms with Crippen molar-refractivity contribution in [3.05, 3.63) is 64.7 Å². The fourth-order valence-electron chi connectivity index (χ4n) is 1.68. The summed E-state index contributed by atoms with van der Waals surface area (Å²) in [5.41, 5.74) is 0.410. The number of carbonyl (C=O) groups is 2. The van der Waals surface area contributed by atoms with Crippen molar-refractivity contribution in [3.63, 3.8) is 0 Å². The lowest BCUT2D eigenvalue weighted by Crippen LogP contribution is -2.22. The molecule has 0 aliphatic rings. The number of phenols is 1. The van der Waals surface area contributed by atoms with Crippen molar-refractivity contribution in [1.82, 2.24) is 0 Å². The van der Waals surface area contributed by atoms with Crippen LogP contribution in [-0.2, 0) is 4.79 Å². The number of benzene rings is 2. The summed E-state index contributed by atoms with van der Waals surface area (Å²) in [6.07, 6.45) is -1.56. The summed E-state index contributed by atoms with van der Waals surface area (Å²) < 4.78 is 0. The monoisotopic (exact) mass is 290 g/mol. The molecule has 0 fully saturated rings. The van der Waals surface area contributed by atoms with Gasteiger partial charge in [0.2, 0.25) is 11.6 Å². The van der Waals surface area contributed by atoms with Crippen LogP contribution >= 0.6 is 11.6 Å². The molecule has 0 spiro atoms. The highest BCUT2D eigenvalue weighted by Gasteiger charge is 2.25. The lowest BCUT2D eigenvalue weighted by atomic mass is 9.99. The maximum Gasteiger partial charge on any atom is 0.236 e. The van der Waals surface area contributed by atoms with Gasteiger partial charge in [-0.3, -0.25) is 9.59 Å². The molecule has 0 amide bonds. The van der Waals surface area contributed by atoms with Gasteiger partial charge in [-0.05, 0) is 42.0 Å². The number of ketones is 2. The second-order valence-electron chi connectivity index (χ2n) is 4.19. The van der Waals surface area contributed by atoms with Crippen molar-refractivity contribution < 1.29 is 19.8 Å². The van der Waals surface area contributed by atoms with Crippen LogP contribution in [0.2, 0.25) is 5.02 Å². The first-order valence-corrected chi connectivity index (χ1v) is 6.18. The van der Waals surface area contributed by atoms with Gasteiger partial charge < -0.3 is 10.2 Å². The van der Waals surface area contributed by atoms with Crippen LogP contribution in [0.4, 0.5) is 0 Å². The van der Waals surface area contributed by atoms with Crippen molar-refractivity contribution in [2.75, 3.05) is 0 Å². The molecule has 2 aromatic rings. The van der Waals surface area contributed by atoms with E-state index in [9.17, 15) is 14.7 Å². The fourth-order valence-corrected chi connectivity index (χ4v) is 1.80. The van der Waals surface area contributed by atoms with Crippen LogP contribution in [0.15, 0.2) is 48.5 Å². The average Bonchev–Trinajstić information content (AvgIpc) is 2.46. The predicted molar refractivity (Wildman–Crippen MR) is 73.9 cm³/mol. The predicted octanol–water partition coefficient (Wildman–Crippen LogP) is 2.53. The summed E-state index contributed by atoms with van der Waals surface area (Å²) in [4.78, 5) is 23.9. The standard InChI is InChI=1S/C15H11ClO4/c16-11-5-1-9(2-6-11)13(18)15(20)14(19)10-3-7-12(17)8-4-10/h1-8,14,17,19H. The van der Waals surface area contributed by atoms with Gasteiger partial charge in [0, 0.05) is 10.6 Å². The minimum atomic E-state index is -1.56. The number of Topliss-reactive ketones (excluding diaryl/α,β-unsaturated/α-hetero) is 2. The van der Waals surface area contributed by atoms with Crippen LogP contribution < -0.4 is 0 Å². The van der Waals surface area contributed by atoms with Gasteiger partial charge in [-0.2, -0.15) is 0 Å². The summed E-state index contributed by atoms with van der Waals surface area (Å²) in [5, 5.41) is 19.5. The molecule has 0 radical (unpaired) electrons. The highest BCUT2D eigenvalue weighted by Crippen LogP contribution is 2.19. The zero-order valence-electron chi connectivity index (χ0n) is 10.3. The van der Waals surface area contributed by atoms with E-state index >= 15 is 0 Å². The molecule has 0 bridgehead atoms. The Kier molecular flexibility index (Phi) is 4.17. The van der Waals surface area contributed by atoms with Crippen molar-refractivity contribution in [3.8, 4) is 5.75 Å². The van der Waals surface area contributed by atoms with Gasteiger partial charge in [0.1, 0.15) is 11.9 Å². The molecule has 1 unspecified atom stereocenters. The number of phenolic OH excluding ortho intramolecular Hbond substituents is 1. The number of rotatable bonds is 4. The number of aliphatic hydroxyl groups is 1. The van der Waals surface area contributed by atoms with Gasteiger partial charge in [-0.1, -0.05) is 23.7 Å². The zero-order valence-corrected chi connectivity index (χ0v) is 11.0. The molecule has 5 heteroatoms. The van der Waals surface area contributed by atoms with E-state index in [1.807, 2.05) is 0 Å². The van der Waals surface area contributed by atoms with Crippen LogP contribution in [0.5, 0.6) is 5.75 Å². The average molecular weight is 291 g/mol. The Morgan fingerprint density at radius 2 is 1.50 bits per heavy atom. The minimum absolute atomic E-state index is 0.0115. The summed E-state index contributed by atoms with van der Waals surface area (Å²) >= 11 is 5.70. The topological polar surface area (TPSA) is 74.6 Å². The molecule has 0 aromatic heterocycles. The van der Waals surface area contributed by atoms with Gasteiger partial charge in [0.15, 0.2) is 0 Å². The first kappa shape index (κ1) is 14.2. The van der Waals surface area contributed by atoms with Crippen molar-refractivity contribution >= 4 is 23.2 Å². The Bertz CT molecular complexity index is 632. The van der Waals surface area contributed by atoms with E-state index < -0.39 is 17.7 Å². The van der Waals surface area contributed by atoms with Gasteiger partial charge in [-0.25, -0.2) is 0 Å². The Hall–Kier alpha value is -2.17. The highest BCUT2D eigenvalue weighted by molar-refractivity contribution is 6.45. The Morgan fingerprint density at radius 3 is 2.05 bits per heavy atom. The van der Waals surface area contributed by atoms with E-state index in [1.165, 1.54) is 48.5 Å². The third-order valence-electron chi connectivity index (χ3n) is 2.79. The highest BCUT2D eigenvalue weighted by atomic mass is 35.5. The molecular weight excluding hydrogens is 280 g/mol. The molecular formula is C15H11ClO4.